The van der Waals surface area contributed by atoms with Gasteiger partial charge in [-0.3, -0.25) is 14.4 Å². The lowest BCUT2D eigenvalue weighted by Gasteiger charge is -2.20. The third kappa shape index (κ3) is 12.1. The lowest BCUT2D eigenvalue weighted by Crippen LogP contribution is -2.24. The SMILES string of the molecule is COC(=O)CCCCCCCCc1nc2c(cc1CNC(=O)CCCCCCC(=O)O)CCCN2. The van der Waals surface area contributed by atoms with E-state index in [0.29, 0.717) is 25.8 Å². The topological polar surface area (TPSA) is 118 Å². The number of rotatable bonds is 18. The molecule has 8 heteroatoms. The summed E-state index contributed by atoms with van der Waals surface area (Å²) in [6.07, 6.45) is 13.7. The molecule has 3 N–H and O–H groups in total. The predicted octanol–water partition coefficient (Wildman–Crippen LogP) is 4.93. The van der Waals surface area contributed by atoms with Crippen molar-refractivity contribution in [1.82, 2.24) is 10.3 Å². The number of fused-ring (bicyclic) bond motifs is 1. The monoisotopic (exact) mass is 489 g/mol. The molecule has 35 heavy (non-hydrogen) atoms. The summed E-state index contributed by atoms with van der Waals surface area (Å²) in [5.74, 6) is 0.137. The van der Waals surface area contributed by atoms with Crippen molar-refractivity contribution in [2.45, 2.75) is 109 Å². The molecule has 0 atom stereocenters. The van der Waals surface area contributed by atoms with E-state index in [1.165, 1.54) is 12.7 Å². The largest absolute Gasteiger partial charge is 0.481 e. The van der Waals surface area contributed by atoms with E-state index < -0.39 is 5.97 Å². The molecule has 1 aromatic rings. The average molecular weight is 490 g/mol. The maximum Gasteiger partial charge on any atom is 0.305 e. The number of unbranched alkanes of at least 4 members (excludes halogenated alkanes) is 8. The van der Waals surface area contributed by atoms with Crippen LogP contribution in [0.1, 0.15) is 107 Å². The lowest BCUT2D eigenvalue weighted by atomic mass is 10.00. The van der Waals surface area contributed by atoms with Crippen LogP contribution in [-0.2, 0) is 38.5 Å². The molecule has 0 bridgehead atoms. The second-order valence-corrected chi connectivity index (χ2v) is 9.41. The van der Waals surface area contributed by atoms with E-state index in [1.807, 2.05) is 0 Å². The Kier molecular flexibility index (Phi) is 13.8. The number of aryl methyl sites for hydroxylation is 2. The molecule has 2 rings (SSSR count). The summed E-state index contributed by atoms with van der Waals surface area (Å²) in [7, 11) is 1.43. The van der Waals surface area contributed by atoms with Crippen LogP contribution in [0.4, 0.5) is 5.82 Å². The minimum absolute atomic E-state index is 0.0389. The highest BCUT2D eigenvalue weighted by Crippen LogP contribution is 2.24. The van der Waals surface area contributed by atoms with Crippen LogP contribution in [-0.4, -0.2) is 41.6 Å². The molecular formula is C27H43N3O5. The number of carboxylic acids is 1. The fraction of sp³-hybridized carbons (Fsp3) is 0.704. The first-order valence-corrected chi connectivity index (χ1v) is 13.3. The number of methoxy groups -OCH3 is 1. The third-order valence-corrected chi connectivity index (χ3v) is 6.48. The number of aliphatic carboxylic acids is 1. The number of anilines is 1. The Hall–Kier alpha value is -2.64. The van der Waals surface area contributed by atoms with Gasteiger partial charge >= 0.3 is 11.9 Å². The summed E-state index contributed by atoms with van der Waals surface area (Å²) in [6.45, 7) is 1.45. The molecule has 1 aliphatic heterocycles. The summed E-state index contributed by atoms with van der Waals surface area (Å²) in [5.41, 5.74) is 3.41. The Morgan fingerprint density at radius 1 is 0.971 bits per heavy atom. The molecule has 196 valence electrons. The Morgan fingerprint density at radius 2 is 1.63 bits per heavy atom. The Labute approximate surface area is 209 Å². The van der Waals surface area contributed by atoms with Gasteiger partial charge in [0.25, 0.3) is 0 Å². The van der Waals surface area contributed by atoms with E-state index in [-0.39, 0.29) is 18.3 Å². The Bertz CT molecular complexity index is 812. The van der Waals surface area contributed by atoms with Gasteiger partial charge in [0.1, 0.15) is 5.82 Å². The summed E-state index contributed by atoms with van der Waals surface area (Å²) in [6, 6.07) is 2.21. The van der Waals surface area contributed by atoms with Crippen LogP contribution in [0.25, 0.3) is 0 Å². The van der Waals surface area contributed by atoms with Crippen molar-refractivity contribution < 1.29 is 24.2 Å². The first-order valence-electron chi connectivity index (χ1n) is 13.3. The van der Waals surface area contributed by atoms with E-state index in [0.717, 1.165) is 101 Å². The normalized spacial score (nSPS) is 12.5. The highest BCUT2D eigenvalue weighted by molar-refractivity contribution is 5.75. The van der Waals surface area contributed by atoms with Gasteiger partial charge in [-0.05, 0) is 62.1 Å². The van der Waals surface area contributed by atoms with Crippen LogP contribution in [0.2, 0.25) is 0 Å². The molecule has 1 amide bonds. The molecule has 1 aromatic heterocycles. The fourth-order valence-corrected chi connectivity index (χ4v) is 4.41. The average Bonchev–Trinajstić information content (AvgIpc) is 2.85. The molecule has 0 unspecified atom stereocenters. The van der Waals surface area contributed by atoms with E-state index in [4.69, 9.17) is 10.1 Å². The zero-order valence-corrected chi connectivity index (χ0v) is 21.3. The second kappa shape index (κ2) is 16.9. The number of nitrogens with one attached hydrogen (secondary N) is 2. The standard InChI is InChI=1S/C27H43N3O5/c1-35-26(34)17-11-5-3-2-4-8-14-23-22(19-21-13-12-18-28-27(21)30-23)20-29-24(31)15-9-6-7-10-16-25(32)33/h19H,2-18,20H2,1H3,(H,28,30)(H,29,31)(H,32,33). The van der Waals surface area contributed by atoms with Crippen LogP contribution < -0.4 is 10.6 Å². The number of ether oxygens (including phenoxy) is 1. The molecule has 0 aliphatic carbocycles. The van der Waals surface area contributed by atoms with Gasteiger partial charge in [0, 0.05) is 38.0 Å². The number of carbonyl (C=O) groups is 3. The molecule has 0 saturated heterocycles. The van der Waals surface area contributed by atoms with Gasteiger partial charge in [-0.15, -0.1) is 0 Å². The summed E-state index contributed by atoms with van der Waals surface area (Å²) < 4.78 is 4.67. The Balaban J connectivity index is 1.75. The maximum atomic E-state index is 12.3. The summed E-state index contributed by atoms with van der Waals surface area (Å²) in [5, 5.41) is 15.2. The highest BCUT2D eigenvalue weighted by atomic mass is 16.5. The zero-order chi connectivity index (χ0) is 25.3. The van der Waals surface area contributed by atoms with Crippen molar-refractivity contribution in [2.24, 2.45) is 0 Å². The number of aromatic nitrogens is 1. The van der Waals surface area contributed by atoms with E-state index in [1.54, 1.807) is 0 Å². The maximum absolute atomic E-state index is 12.3. The first-order chi connectivity index (χ1) is 17.0. The minimum atomic E-state index is -0.761. The molecule has 2 heterocycles. The van der Waals surface area contributed by atoms with Gasteiger partial charge in [-0.2, -0.15) is 0 Å². The summed E-state index contributed by atoms with van der Waals surface area (Å²) in [4.78, 5) is 39.0. The van der Waals surface area contributed by atoms with Gasteiger partial charge < -0.3 is 20.5 Å². The highest BCUT2D eigenvalue weighted by Gasteiger charge is 2.15. The fourth-order valence-electron chi connectivity index (χ4n) is 4.41. The zero-order valence-electron chi connectivity index (χ0n) is 21.3. The van der Waals surface area contributed by atoms with Crippen LogP contribution in [0, 0.1) is 0 Å². The van der Waals surface area contributed by atoms with Crippen molar-refractivity contribution in [1.29, 1.82) is 0 Å². The molecular weight excluding hydrogens is 446 g/mol. The number of hydrogen-bond donors (Lipinski definition) is 3. The number of nitrogens with zero attached hydrogens (tertiary/aromatic N) is 1. The third-order valence-electron chi connectivity index (χ3n) is 6.48. The molecule has 1 aliphatic rings. The molecule has 0 spiro atoms. The van der Waals surface area contributed by atoms with E-state index >= 15 is 0 Å². The van der Waals surface area contributed by atoms with Crippen LogP contribution in [0.15, 0.2) is 6.07 Å². The van der Waals surface area contributed by atoms with Crippen molar-refractivity contribution in [3.05, 3.63) is 22.9 Å². The lowest BCUT2D eigenvalue weighted by molar-refractivity contribution is -0.141. The minimum Gasteiger partial charge on any atom is -0.481 e. The molecule has 0 saturated carbocycles. The van der Waals surface area contributed by atoms with Crippen LogP contribution in [0.3, 0.4) is 0 Å². The van der Waals surface area contributed by atoms with Crippen molar-refractivity contribution in [2.75, 3.05) is 19.0 Å². The molecule has 0 fully saturated rings. The predicted molar refractivity (Wildman–Crippen MR) is 136 cm³/mol. The molecule has 8 nitrogen and oxygen atoms in total. The first kappa shape index (κ1) is 28.6. The number of carbonyl (C=O) groups excluding carboxylic acids is 2. The number of esters is 1. The number of carboxylic acid groups (broad SMARTS) is 1. The number of pyridine rings is 1. The Morgan fingerprint density at radius 3 is 2.34 bits per heavy atom. The van der Waals surface area contributed by atoms with Gasteiger partial charge in [0.05, 0.1) is 7.11 Å². The van der Waals surface area contributed by atoms with E-state index in [2.05, 4.69) is 21.4 Å². The van der Waals surface area contributed by atoms with Crippen LogP contribution >= 0.6 is 0 Å². The van der Waals surface area contributed by atoms with Gasteiger partial charge in [-0.1, -0.05) is 38.5 Å². The van der Waals surface area contributed by atoms with Gasteiger partial charge in [-0.25, -0.2) is 4.98 Å². The molecule has 0 aromatic carbocycles. The van der Waals surface area contributed by atoms with Gasteiger partial charge in [0.2, 0.25) is 5.91 Å². The van der Waals surface area contributed by atoms with E-state index in [9.17, 15) is 14.4 Å². The molecule has 0 radical (unpaired) electrons. The quantitative estimate of drug-likeness (QED) is 0.198. The number of hydrogen-bond acceptors (Lipinski definition) is 6. The van der Waals surface area contributed by atoms with Crippen molar-refractivity contribution >= 4 is 23.7 Å². The van der Waals surface area contributed by atoms with Crippen LogP contribution in [0.5, 0.6) is 0 Å². The number of amides is 1. The van der Waals surface area contributed by atoms with Crippen molar-refractivity contribution in [3.63, 3.8) is 0 Å². The smallest absolute Gasteiger partial charge is 0.305 e. The summed E-state index contributed by atoms with van der Waals surface area (Å²) >= 11 is 0. The second-order valence-electron chi connectivity index (χ2n) is 9.41. The van der Waals surface area contributed by atoms with Gasteiger partial charge in [0.15, 0.2) is 0 Å². The van der Waals surface area contributed by atoms with Crippen molar-refractivity contribution in [3.8, 4) is 0 Å².